The fraction of sp³-hybridized carbons (Fsp3) is 0.438. The zero-order valence-corrected chi connectivity index (χ0v) is 13.7. The van der Waals surface area contributed by atoms with Gasteiger partial charge >= 0.3 is 0 Å². The summed E-state index contributed by atoms with van der Waals surface area (Å²) < 4.78 is 33.6. The molecule has 2 atom stereocenters. The molecule has 2 saturated heterocycles. The summed E-state index contributed by atoms with van der Waals surface area (Å²) in [5.74, 6) is 0.488. The fourth-order valence-corrected chi connectivity index (χ4v) is 5.72. The summed E-state index contributed by atoms with van der Waals surface area (Å²) in [5, 5.41) is 4.77. The van der Waals surface area contributed by atoms with Crippen LogP contribution in [0.1, 0.15) is 12.8 Å². The maximum atomic E-state index is 13.3. The first-order valence-corrected chi connectivity index (χ1v) is 9.23. The van der Waals surface area contributed by atoms with Crippen LogP contribution in [-0.2, 0) is 10.0 Å². The minimum atomic E-state index is -3.57. The van der Waals surface area contributed by atoms with Crippen LogP contribution < -0.4 is 10.1 Å². The normalized spacial score (nSPS) is 24.9. The second kappa shape index (κ2) is 5.43. The van der Waals surface area contributed by atoms with Crippen LogP contribution in [0.5, 0.6) is 5.75 Å². The van der Waals surface area contributed by atoms with Gasteiger partial charge in [0, 0.05) is 35.6 Å². The smallest absolute Gasteiger partial charge is 0.244 e. The second-order valence-corrected chi connectivity index (χ2v) is 7.88. The first-order valence-electron chi connectivity index (χ1n) is 7.79. The Labute approximate surface area is 135 Å². The highest BCUT2D eigenvalue weighted by molar-refractivity contribution is 7.89. The average Bonchev–Trinajstić information content (AvgIpc) is 3.16. The van der Waals surface area contributed by atoms with Crippen molar-refractivity contribution in [3.8, 4) is 5.75 Å². The van der Waals surface area contributed by atoms with Crippen molar-refractivity contribution in [3.63, 3.8) is 0 Å². The van der Waals surface area contributed by atoms with Crippen LogP contribution >= 0.6 is 0 Å². The summed E-state index contributed by atoms with van der Waals surface area (Å²) in [5.41, 5.74) is 0. The molecule has 3 heterocycles. The molecule has 7 heteroatoms. The Bertz CT molecular complexity index is 848. The molecule has 23 heavy (non-hydrogen) atoms. The van der Waals surface area contributed by atoms with Crippen molar-refractivity contribution >= 4 is 20.8 Å². The van der Waals surface area contributed by atoms with E-state index in [0.29, 0.717) is 22.6 Å². The van der Waals surface area contributed by atoms with Gasteiger partial charge in [-0.25, -0.2) is 8.42 Å². The zero-order valence-electron chi connectivity index (χ0n) is 12.9. The Hall–Kier alpha value is -1.70. The van der Waals surface area contributed by atoms with E-state index in [1.807, 2.05) is 6.07 Å². The molecule has 122 valence electrons. The van der Waals surface area contributed by atoms with Gasteiger partial charge in [0.15, 0.2) is 0 Å². The van der Waals surface area contributed by atoms with Crippen LogP contribution in [0.25, 0.3) is 10.8 Å². The van der Waals surface area contributed by atoms with E-state index in [1.165, 1.54) is 7.11 Å². The molecule has 2 unspecified atom stereocenters. The van der Waals surface area contributed by atoms with Gasteiger partial charge in [-0.2, -0.15) is 4.31 Å². The highest BCUT2D eigenvalue weighted by Gasteiger charge is 2.44. The van der Waals surface area contributed by atoms with Gasteiger partial charge in [-0.05, 0) is 25.5 Å². The SMILES string of the molecule is COc1cncc2cccc(S(=O)(=O)N3CCC4NCCC43)c12. The summed E-state index contributed by atoms with van der Waals surface area (Å²) in [6.07, 6.45) is 4.97. The second-order valence-electron chi connectivity index (χ2n) is 6.02. The molecule has 6 nitrogen and oxygen atoms in total. The van der Waals surface area contributed by atoms with Gasteiger partial charge in [-0.15, -0.1) is 0 Å². The summed E-state index contributed by atoms with van der Waals surface area (Å²) in [7, 11) is -2.03. The van der Waals surface area contributed by atoms with E-state index in [4.69, 9.17) is 4.74 Å². The molecule has 0 saturated carbocycles. The van der Waals surface area contributed by atoms with Gasteiger partial charge < -0.3 is 10.1 Å². The van der Waals surface area contributed by atoms with Crippen molar-refractivity contribution in [2.75, 3.05) is 20.2 Å². The Kier molecular flexibility index (Phi) is 3.51. The van der Waals surface area contributed by atoms with E-state index >= 15 is 0 Å². The van der Waals surface area contributed by atoms with E-state index in [9.17, 15) is 8.42 Å². The molecular weight excluding hydrogens is 314 g/mol. The minimum absolute atomic E-state index is 0.0584. The number of rotatable bonds is 3. The van der Waals surface area contributed by atoms with Gasteiger partial charge in [-0.3, -0.25) is 4.98 Å². The van der Waals surface area contributed by atoms with Gasteiger partial charge in [0.1, 0.15) is 5.75 Å². The molecule has 4 rings (SSSR count). The molecule has 1 aromatic heterocycles. The molecular formula is C16H19N3O3S. The van der Waals surface area contributed by atoms with Crippen molar-refractivity contribution < 1.29 is 13.2 Å². The predicted octanol–water partition coefficient (Wildman–Crippen LogP) is 1.37. The Balaban J connectivity index is 1.88. The lowest BCUT2D eigenvalue weighted by atomic mass is 10.1. The van der Waals surface area contributed by atoms with E-state index in [1.54, 1.807) is 28.8 Å². The summed E-state index contributed by atoms with van der Waals surface area (Å²) in [6, 6.07) is 5.62. The fourth-order valence-electron chi connectivity index (χ4n) is 3.79. The molecule has 2 fully saturated rings. The minimum Gasteiger partial charge on any atom is -0.494 e. The molecule has 0 bridgehead atoms. The topological polar surface area (TPSA) is 71.5 Å². The highest BCUT2D eigenvalue weighted by atomic mass is 32.2. The summed E-state index contributed by atoms with van der Waals surface area (Å²) in [6.45, 7) is 1.44. The number of nitrogens with one attached hydrogen (secondary N) is 1. The quantitative estimate of drug-likeness (QED) is 0.918. The molecule has 2 aliphatic rings. The van der Waals surface area contributed by atoms with Crippen molar-refractivity contribution in [1.82, 2.24) is 14.6 Å². The first-order chi connectivity index (χ1) is 11.1. The molecule has 1 N–H and O–H groups in total. The number of hydrogen-bond donors (Lipinski definition) is 1. The van der Waals surface area contributed by atoms with E-state index in [0.717, 1.165) is 24.8 Å². The summed E-state index contributed by atoms with van der Waals surface area (Å²) in [4.78, 5) is 4.42. The molecule has 0 amide bonds. The number of nitrogens with zero attached hydrogens (tertiary/aromatic N) is 2. The van der Waals surface area contributed by atoms with Crippen LogP contribution in [-0.4, -0.2) is 50.0 Å². The number of sulfonamides is 1. The average molecular weight is 333 g/mol. The van der Waals surface area contributed by atoms with Crippen molar-refractivity contribution in [1.29, 1.82) is 0 Å². The molecule has 0 radical (unpaired) electrons. The summed E-state index contributed by atoms with van der Waals surface area (Å²) >= 11 is 0. The van der Waals surface area contributed by atoms with Gasteiger partial charge in [-0.1, -0.05) is 12.1 Å². The molecule has 0 spiro atoms. The monoisotopic (exact) mass is 333 g/mol. The molecule has 2 aromatic rings. The third-order valence-electron chi connectivity index (χ3n) is 4.86. The predicted molar refractivity (Wildman–Crippen MR) is 87.0 cm³/mol. The maximum Gasteiger partial charge on any atom is 0.244 e. The number of pyridine rings is 1. The van der Waals surface area contributed by atoms with Crippen LogP contribution in [0.2, 0.25) is 0 Å². The third-order valence-corrected chi connectivity index (χ3v) is 6.83. The largest absolute Gasteiger partial charge is 0.494 e. The number of benzene rings is 1. The van der Waals surface area contributed by atoms with Gasteiger partial charge in [0.2, 0.25) is 10.0 Å². The lowest BCUT2D eigenvalue weighted by molar-refractivity contribution is 0.386. The standard InChI is InChI=1S/C16H19N3O3S/c1-22-14-10-17-9-11-3-2-4-15(16(11)14)23(20,21)19-8-6-12-13(19)5-7-18-12/h2-4,9-10,12-13,18H,5-8H2,1H3. The number of fused-ring (bicyclic) bond motifs is 2. The highest BCUT2D eigenvalue weighted by Crippen LogP contribution is 2.36. The van der Waals surface area contributed by atoms with Crippen LogP contribution in [0, 0.1) is 0 Å². The van der Waals surface area contributed by atoms with Crippen LogP contribution in [0.4, 0.5) is 0 Å². The Morgan fingerprint density at radius 3 is 3.00 bits per heavy atom. The number of hydrogen-bond acceptors (Lipinski definition) is 5. The van der Waals surface area contributed by atoms with Crippen molar-refractivity contribution in [3.05, 3.63) is 30.6 Å². The lowest BCUT2D eigenvalue weighted by Crippen LogP contribution is -2.38. The van der Waals surface area contributed by atoms with Crippen molar-refractivity contribution in [2.45, 2.75) is 29.8 Å². The Morgan fingerprint density at radius 1 is 1.30 bits per heavy atom. The van der Waals surface area contributed by atoms with Gasteiger partial charge in [0.25, 0.3) is 0 Å². The van der Waals surface area contributed by atoms with E-state index < -0.39 is 10.0 Å². The molecule has 0 aliphatic carbocycles. The number of aromatic nitrogens is 1. The molecule has 1 aromatic carbocycles. The van der Waals surface area contributed by atoms with E-state index in [-0.39, 0.29) is 12.1 Å². The van der Waals surface area contributed by atoms with Crippen molar-refractivity contribution in [2.24, 2.45) is 0 Å². The number of methoxy groups -OCH3 is 1. The van der Waals surface area contributed by atoms with Crippen LogP contribution in [0.15, 0.2) is 35.5 Å². The molecule has 2 aliphatic heterocycles. The first kappa shape index (κ1) is 14.9. The van der Waals surface area contributed by atoms with Gasteiger partial charge in [0.05, 0.1) is 18.2 Å². The lowest BCUT2D eigenvalue weighted by Gasteiger charge is -2.23. The zero-order chi connectivity index (χ0) is 16.0. The van der Waals surface area contributed by atoms with Crippen LogP contribution in [0.3, 0.4) is 0 Å². The Morgan fingerprint density at radius 2 is 2.17 bits per heavy atom. The number of ether oxygens (including phenoxy) is 1. The van der Waals surface area contributed by atoms with E-state index in [2.05, 4.69) is 10.3 Å². The maximum absolute atomic E-state index is 13.3. The third kappa shape index (κ3) is 2.22.